The lowest BCUT2D eigenvalue weighted by atomic mass is 10.1. The standard InChI is InChI=1S/C13H17F4N3/c1-18-12(20-8-6-13(15,16)17)19-7-5-10-3-2-4-11(14)9-10/h2-4,9H,5-8H2,1H3,(H2,18,19,20). The molecule has 0 bridgehead atoms. The van der Waals surface area contributed by atoms with Crippen molar-refractivity contribution in [1.29, 1.82) is 0 Å². The highest BCUT2D eigenvalue weighted by Gasteiger charge is 2.26. The van der Waals surface area contributed by atoms with E-state index in [9.17, 15) is 17.6 Å². The summed E-state index contributed by atoms with van der Waals surface area (Å²) in [5, 5.41) is 5.44. The van der Waals surface area contributed by atoms with Gasteiger partial charge in [-0.1, -0.05) is 12.1 Å². The number of halogens is 4. The summed E-state index contributed by atoms with van der Waals surface area (Å²) in [4.78, 5) is 3.81. The van der Waals surface area contributed by atoms with Crippen molar-refractivity contribution in [1.82, 2.24) is 10.6 Å². The van der Waals surface area contributed by atoms with E-state index < -0.39 is 12.6 Å². The number of nitrogens with zero attached hydrogens (tertiary/aromatic N) is 1. The molecule has 0 atom stereocenters. The summed E-state index contributed by atoms with van der Waals surface area (Å²) < 4.78 is 48.9. The van der Waals surface area contributed by atoms with Crippen molar-refractivity contribution in [2.75, 3.05) is 20.1 Å². The first kappa shape index (κ1) is 16.3. The third-order valence-corrected chi connectivity index (χ3v) is 2.52. The van der Waals surface area contributed by atoms with Gasteiger partial charge in [-0.15, -0.1) is 0 Å². The molecule has 20 heavy (non-hydrogen) atoms. The van der Waals surface area contributed by atoms with Crippen molar-refractivity contribution >= 4 is 5.96 Å². The lowest BCUT2D eigenvalue weighted by Gasteiger charge is -2.12. The van der Waals surface area contributed by atoms with E-state index >= 15 is 0 Å². The normalized spacial score (nSPS) is 12.3. The molecule has 0 fully saturated rings. The summed E-state index contributed by atoms with van der Waals surface area (Å²) in [6.07, 6.45) is -4.55. The second-order valence-corrected chi connectivity index (χ2v) is 4.17. The number of guanidine groups is 1. The fourth-order valence-electron chi connectivity index (χ4n) is 1.56. The number of rotatable bonds is 5. The number of benzene rings is 1. The van der Waals surface area contributed by atoms with Crippen LogP contribution in [0.4, 0.5) is 17.6 Å². The van der Waals surface area contributed by atoms with Gasteiger partial charge in [0.15, 0.2) is 5.96 Å². The zero-order valence-corrected chi connectivity index (χ0v) is 11.1. The summed E-state index contributed by atoms with van der Waals surface area (Å²) >= 11 is 0. The van der Waals surface area contributed by atoms with Gasteiger partial charge in [-0.05, 0) is 24.1 Å². The molecule has 0 aliphatic rings. The first-order valence-electron chi connectivity index (χ1n) is 6.16. The maximum atomic E-state index is 12.9. The van der Waals surface area contributed by atoms with Crippen molar-refractivity contribution < 1.29 is 17.6 Å². The van der Waals surface area contributed by atoms with Crippen LogP contribution in [-0.2, 0) is 6.42 Å². The molecule has 0 aliphatic heterocycles. The van der Waals surface area contributed by atoms with Gasteiger partial charge >= 0.3 is 6.18 Å². The summed E-state index contributed by atoms with van der Waals surface area (Å²) in [5.74, 6) is -0.0131. The number of aliphatic imine (C=N–C) groups is 1. The molecule has 1 rings (SSSR count). The van der Waals surface area contributed by atoms with E-state index in [1.165, 1.54) is 19.2 Å². The predicted octanol–water partition coefficient (Wildman–Crippen LogP) is 2.49. The van der Waals surface area contributed by atoms with Crippen LogP contribution in [0.3, 0.4) is 0 Å². The Morgan fingerprint density at radius 1 is 1.20 bits per heavy atom. The van der Waals surface area contributed by atoms with Crippen LogP contribution in [0, 0.1) is 5.82 Å². The monoisotopic (exact) mass is 291 g/mol. The van der Waals surface area contributed by atoms with Gasteiger partial charge in [-0.3, -0.25) is 4.99 Å². The van der Waals surface area contributed by atoms with E-state index in [0.29, 0.717) is 18.9 Å². The van der Waals surface area contributed by atoms with Gasteiger partial charge in [0, 0.05) is 20.1 Å². The van der Waals surface area contributed by atoms with Crippen LogP contribution in [0.2, 0.25) is 0 Å². The molecular weight excluding hydrogens is 274 g/mol. The third kappa shape index (κ3) is 6.96. The molecule has 0 radical (unpaired) electrons. The molecule has 0 unspecified atom stereocenters. The lowest BCUT2D eigenvalue weighted by Crippen LogP contribution is -2.39. The molecule has 1 aromatic rings. The number of nitrogens with one attached hydrogen (secondary N) is 2. The molecule has 112 valence electrons. The van der Waals surface area contributed by atoms with Crippen LogP contribution in [-0.4, -0.2) is 32.3 Å². The minimum Gasteiger partial charge on any atom is -0.356 e. The van der Waals surface area contributed by atoms with Gasteiger partial charge in [0.2, 0.25) is 0 Å². The van der Waals surface area contributed by atoms with Crippen LogP contribution in [0.1, 0.15) is 12.0 Å². The van der Waals surface area contributed by atoms with Crippen LogP contribution >= 0.6 is 0 Å². The van der Waals surface area contributed by atoms with Crippen LogP contribution < -0.4 is 10.6 Å². The molecule has 1 aromatic carbocycles. The molecule has 0 aliphatic carbocycles. The number of hydrogen-bond donors (Lipinski definition) is 2. The quantitative estimate of drug-likeness (QED) is 0.497. The molecule has 0 aromatic heterocycles. The Hall–Kier alpha value is -1.79. The lowest BCUT2D eigenvalue weighted by molar-refractivity contribution is -0.132. The topological polar surface area (TPSA) is 36.4 Å². The van der Waals surface area contributed by atoms with E-state index in [4.69, 9.17) is 0 Å². The van der Waals surface area contributed by atoms with E-state index in [0.717, 1.165) is 5.56 Å². The largest absolute Gasteiger partial charge is 0.390 e. The van der Waals surface area contributed by atoms with Crippen molar-refractivity contribution in [2.24, 2.45) is 4.99 Å². The predicted molar refractivity (Wildman–Crippen MR) is 70.1 cm³/mol. The maximum Gasteiger partial charge on any atom is 0.390 e. The van der Waals surface area contributed by atoms with Gasteiger partial charge in [0.1, 0.15) is 5.82 Å². The Kier molecular flexibility index (Phi) is 6.27. The van der Waals surface area contributed by atoms with Gasteiger partial charge in [0.05, 0.1) is 6.42 Å². The Balaban J connectivity index is 2.28. The highest BCUT2D eigenvalue weighted by atomic mass is 19.4. The molecule has 0 saturated heterocycles. The molecule has 7 heteroatoms. The van der Waals surface area contributed by atoms with E-state index in [1.807, 2.05) is 0 Å². The maximum absolute atomic E-state index is 12.9. The fraction of sp³-hybridized carbons (Fsp3) is 0.462. The summed E-state index contributed by atoms with van der Waals surface area (Å²) in [7, 11) is 1.48. The zero-order chi connectivity index (χ0) is 15.0. The minimum absolute atomic E-state index is 0.233. The molecule has 0 amide bonds. The van der Waals surface area contributed by atoms with Gasteiger partial charge in [-0.2, -0.15) is 13.2 Å². The van der Waals surface area contributed by atoms with Gasteiger partial charge < -0.3 is 10.6 Å². The Labute approximate surface area is 115 Å². The highest BCUT2D eigenvalue weighted by Crippen LogP contribution is 2.17. The average Bonchev–Trinajstić information content (AvgIpc) is 2.35. The van der Waals surface area contributed by atoms with Crippen molar-refractivity contribution in [2.45, 2.75) is 19.0 Å². The van der Waals surface area contributed by atoms with Crippen LogP contribution in [0.25, 0.3) is 0 Å². The second-order valence-electron chi connectivity index (χ2n) is 4.17. The van der Waals surface area contributed by atoms with Crippen LogP contribution in [0.15, 0.2) is 29.3 Å². The second kappa shape index (κ2) is 7.72. The molecule has 0 spiro atoms. The molecule has 2 N–H and O–H groups in total. The number of alkyl halides is 3. The van der Waals surface area contributed by atoms with Gasteiger partial charge in [0.25, 0.3) is 0 Å². The smallest absolute Gasteiger partial charge is 0.356 e. The molecular formula is C13H17F4N3. The van der Waals surface area contributed by atoms with Gasteiger partial charge in [-0.25, -0.2) is 4.39 Å². The Morgan fingerprint density at radius 3 is 2.50 bits per heavy atom. The molecule has 3 nitrogen and oxygen atoms in total. The van der Waals surface area contributed by atoms with E-state index in [1.54, 1.807) is 12.1 Å². The zero-order valence-electron chi connectivity index (χ0n) is 11.1. The third-order valence-electron chi connectivity index (χ3n) is 2.52. The molecule has 0 saturated carbocycles. The highest BCUT2D eigenvalue weighted by molar-refractivity contribution is 5.79. The van der Waals surface area contributed by atoms with Crippen molar-refractivity contribution in [3.8, 4) is 0 Å². The average molecular weight is 291 g/mol. The molecule has 0 heterocycles. The summed E-state index contributed by atoms with van der Waals surface area (Å²) in [6, 6.07) is 6.17. The fourth-order valence-corrected chi connectivity index (χ4v) is 1.56. The number of hydrogen-bond acceptors (Lipinski definition) is 1. The SMILES string of the molecule is CN=C(NCCc1cccc(F)c1)NCCC(F)(F)F. The van der Waals surface area contributed by atoms with E-state index in [2.05, 4.69) is 15.6 Å². The van der Waals surface area contributed by atoms with E-state index in [-0.39, 0.29) is 12.4 Å². The first-order valence-corrected chi connectivity index (χ1v) is 6.16. The Morgan fingerprint density at radius 2 is 1.90 bits per heavy atom. The van der Waals surface area contributed by atoms with Crippen molar-refractivity contribution in [3.63, 3.8) is 0 Å². The first-order chi connectivity index (χ1) is 9.40. The van der Waals surface area contributed by atoms with Crippen molar-refractivity contribution in [3.05, 3.63) is 35.6 Å². The van der Waals surface area contributed by atoms with Crippen LogP contribution in [0.5, 0.6) is 0 Å². The minimum atomic E-state index is -4.19. The Bertz CT molecular complexity index is 443. The summed E-state index contributed by atoms with van der Waals surface area (Å²) in [6.45, 7) is 0.221. The summed E-state index contributed by atoms with van der Waals surface area (Å²) in [5.41, 5.74) is 0.809.